The number of aryl methyl sites for hydroxylation is 1. The highest BCUT2D eigenvalue weighted by molar-refractivity contribution is 5.88. The number of nitrogens with zero attached hydrogens (tertiary/aromatic N) is 5. The molecule has 5 nitrogen and oxygen atoms in total. The number of rotatable bonds is 4. The maximum absolute atomic E-state index is 4.95. The molecule has 1 aromatic carbocycles. The monoisotopic (exact) mass is 347 g/mol. The fraction of sp³-hybridized carbons (Fsp3) is 0.381. The third-order valence-corrected chi connectivity index (χ3v) is 5.37. The van der Waals surface area contributed by atoms with Gasteiger partial charge in [0.15, 0.2) is 5.65 Å². The van der Waals surface area contributed by atoms with Gasteiger partial charge in [-0.15, -0.1) is 0 Å². The van der Waals surface area contributed by atoms with E-state index in [1.54, 1.807) is 6.20 Å². The largest absolute Gasteiger partial charge is 0.349 e. The van der Waals surface area contributed by atoms with Crippen molar-refractivity contribution in [2.75, 3.05) is 23.4 Å². The van der Waals surface area contributed by atoms with Crippen molar-refractivity contribution in [3.8, 4) is 0 Å². The lowest BCUT2D eigenvalue weighted by molar-refractivity contribution is 0.460. The van der Waals surface area contributed by atoms with Crippen molar-refractivity contribution < 1.29 is 0 Å². The van der Waals surface area contributed by atoms with Crippen molar-refractivity contribution in [2.24, 2.45) is 0 Å². The lowest BCUT2D eigenvalue weighted by Crippen LogP contribution is -2.42. The molecule has 26 heavy (non-hydrogen) atoms. The van der Waals surface area contributed by atoms with E-state index in [0.29, 0.717) is 12.1 Å². The minimum Gasteiger partial charge on any atom is -0.349 e. The third kappa shape index (κ3) is 2.77. The normalized spacial score (nSPS) is 16.8. The van der Waals surface area contributed by atoms with Gasteiger partial charge >= 0.3 is 0 Å². The molecule has 3 aromatic rings. The van der Waals surface area contributed by atoms with Crippen LogP contribution in [0, 0.1) is 6.92 Å². The van der Waals surface area contributed by atoms with Crippen LogP contribution < -0.4 is 9.80 Å². The van der Waals surface area contributed by atoms with Crippen LogP contribution in [-0.4, -0.2) is 34.6 Å². The maximum atomic E-state index is 4.95. The summed E-state index contributed by atoms with van der Waals surface area (Å²) < 4.78 is 0. The number of anilines is 2. The third-order valence-electron chi connectivity index (χ3n) is 5.37. The van der Waals surface area contributed by atoms with E-state index in [1.165, 1.54) is 11.1 Å². The first-order valence-corrected chi connectivity index (χ1v) is 9.24. The fourth-order valence-electron chi connectivity index (χ4n) is 3.47. The van der Waals surface area contributed by atoms with E-state index in [0.717, 1.165) is 35.8 Å². The Morgan fingerprint density at radius 2 is 1.92 bits per heavy atom. The topological polar surface area (TPSA) is 45.2 Å². The summed E-state index contributed by atoms with van der Waals surface area (Å²) in [4.78, 5) is 18.6. The van der Waals surface area contributed by atoms with Gasteiger partial charge in [-0.3, -0.25) is 0 Å². The Labute approximate surface area is 154 Å². The highest BCUT2D eigenvalue weighted by Gasteiger charge is 2.33. The smallest absolute Gasteiger partial charge is 0.229 e. The van der Waals surface area contributed by atoms with Gasteiger partial charge in [0.25, 0.3) is 0 Å². The Bertz CT molecular complexity index is 937. The molecule has 0 radical (unpaired) electrons. The molecule has 5 heteroatoms. The molecule has 0 amide bonds. The van der Waals surface area contributed by atoms with Gasteiger partial charge in [-0.2, -0.15) is 9.97 Å². The zero-order valence-electron chi connectivity index (χ0n) is 15.8. The van der Waals surface area contributed by atoms with Crippen molar-refractivity contribution in [3.63, 3.8) is 0 Å². The van der Waals surface area contributed by atoms with Crippen LogP contribution in [0.3, 0.4) is 0 Å². The predicted octanol–water partition coefficient (Wildman–Crippen LogP) is 4.13. The molecular weight excluding hydrogens is 322 g/mol. The molecule has 3 heterocycles. The van der Waals surface area contributed by atoms with Crippen LogP contribution in [0.5, 0.6) is 0 Å². The molecule has 134 valence electrons. The summed E-state index contributed by atoms with van der Waals surface area (Å²) in [6, 6.07) is 13.4. The van der Waals surface area contributed by atoms with Gasteiger partial charge in [0.1, 0.15) is 5.82 Å². The van der Waals surface area contributed by atoms with Gasteiger partial charge < -0.3 is 9.80 Å². The lowest BCUT2D eigenvalue weighted by atomic mass is 9.91. The SMILES string of the molecule is Cc1ccccc1C1CCN1c1nc(N(C)C(C)C)nc2ncccc12. The molecule has 1 aliphatic heterocycles. The second-order valence-corrected chi connectivity index (χ2v) is 7.28. The summed E-state index contributed by atoms with van der Waals surface area (Å²) >= 11 is 0. The quantitative estimate of drug-likeness (QED) is 0.710. The highest BCUT2D eigenvalue weighted by atomic mass is 15.3. The van der Waals surface area contributed by atoms with E-state index in [1.807, 2.05) is 13.1 Å². The van der Waals surface area contributed by atoms with Crippen LogP contribution in [0.4, 0.5) is 11.8 Å². The molecule has 0 saturated carbocycles. The molecule has 0 N–H and O–H groups in total. The zero-order valence-corrected chi connectivity index (χ0v) is 15.8. The molecule has 0 aliphatic carbocycles. The van der Waals surface area contributed by atoms with Crippen molar-refractivity contribution in [1.82, 2.24) is 15.0 Å². The average Bonchev–Trinajstić information content (AvgIpc) is 2.62. The fourth-order valence-corrected chi connectivity index (χ4v) is 3.47. The van der Waals surface area contributed by atoms with E-state index in [2.05, 4.69) is 65.9 Å². The summed E-state index contributed by atoms with van der Waals surface area (Å²) in [6.07, 6.45) is 2.94. The molecule has 2 aromatic heterocycles. The summed E-state index contributed by atoms with van der Waals surface area (Å²) in [5.41, 5.74) is 3.47. The van der Waals surface area contributed by atoms with Gasteiger partial charge in [-0.25, -0.2) is 4.98 Å². The van der Waals surface area contributed by atoms with Crippen molar-refractivity contribution in [1.29, 1.82) is 0 Å². The molecule has 0 bridgehead atoms. The highest BCUT2D eigenvalue weighted by Crippen LogP contribution is 2.40. The minimum absolute atomic E-state index is 0.326. The Hall–Kier alpha value is -2.69. The summed E-state index contributed by atoms with van der Waals surface area (Å²) in [7, 11) is 2.04. The molecular formula is C21H25N5. The Kier molecular flexibility index (Phi) is 4.23. The Morgan fingerprint density at radius 3 is 2.62 bits per heavy atom. The summed E-state index contributed by atoms with van der Waals surface area (Å²) in [6.45, 7) is 7.48. The molecule has 1 fully saturated rings. The van der Waals surface area contributed by atoms with Crippen LogP contribution in [-0.2, 0) is 0 Å². The van der Waals surface area contributed by atoms with Gasteiger partial charge in [-0.05, 0) is 50.5 Å². The van der Waals surface area contributed by atoms with Crippen molar-refractivity contribution in [2.45, 2.75) is 39.3 Å². The van der Waals surface area contributed by atoms with E-state index in [9.17, 15) is 0 Å². The first-order valence-electron chi connectivity index (χ1n) is 9.24. The zero-order chi connectivity index (χ0) is 18.3. The number of hydrogen-bond donors (Lipinski definition) is 0. The number of benzene rings is 1. The predicted molar refractivity (Wildman–Crippen MR) is 107 cm³/mol. The minimum atomic E-state index is 0.326. The van der Waals surface area contributed by atoms with Crippen molar-refractivity contribution in [3.05, 3.63) is 53.7 Å². The van der Waals surface area contributed by atoms with Gasteiger partial charge in [0, 0.05) is 25.8 Å². The van der Waals surface area contributed by atoms with E-state index >= 15 is 0 Å². The first kappa shape index (κ1) is 16.8. The molecule has 1 saturated heterocycles. The number of fused-ring (bicyclic) bond motifs is 1. The molecule has 4 rings (SSSR count). The molecule has 0 spiro atoms. The van der Waals surface area contributed by atoms with Gasteiger partial charge in [0.05, 0.1) is 11.4 Å². The van der Waals surface area contributed by atoms with Crippen LogP contribution >= 0.6 is 0 Å². The maximum Gasteiger partial charge on any atom is 0.229 e. The Balaban J connectivity index is 1.81. The van der Waals surface area contributed by atoms with Crippen LogP contribution in [0.25, 0.3) is 11.0 Å². The molecule has 1 unspecified atom stereocenters. The van der Waals surface area contributed by atoms with Gasteiger partial charge in [-0.1, -0.05) is 24.3 Å². The van der Waals surface area contributed by atoms with E-state index in [-0.39, 0.29) is 0 Å². The second-order valence-electron chi connectivity index (χ2n) is 7.28. The molecule has 1 atom stereocenters. The molecule has 1 aliphatic rings. The number of pyridine rings is 1. The number of aromatic nitrogens is 3. The van der Waals surface area contributed by atoms with Crippen LogP contribution in [0.1, 0.15) is 37.4 Å². The lowest BCUT2D eigenvalue weighted by Gasteiger charge is -2.43. The summed E-state index contributed by atoms with van der Waals surface area (Å²) in [5, 5.41) is 1.02. The summed E-state index contributed by atoms with van der Waals surface area (Å²) in [5.74, 6) is 1.72. The average molecular weight is 347 g/mol. The van der Waals surface area contributed by atoms with E-state index < -0.39 is 0 Å². The van der Waals surface area contributed by atoms with Crippen LogP contribution in [0.2, 0.25) is 0 Å². The van der Waals surface area contributed by atoms with Crippen molar-refractivity contribution >= 4 is 22.8 Å². The number of hydrogen-bond acceptors (Lipinski definition) is 5. The standard InChI is InChI=1S/C21H25N5/c1-14(2)25(4)21-23-19-17(10-7-12-22-19)20(24-21)26-13-11-18(26)16-9-6-5-8-15(16)3/h5-10,12,14,18H,11,13H2,1-4H3. The van der Waals surface area contributed by atoms with Gasteiger partial charge in [0.2, 0.25) is 5.95 Å². The van der Waals surface area contributed by atoms with E-state index in [4.69, 9.17) is 9.97 Å². The Morgan fingerprint density at radius 1 is 1.12 bits per heavy atom. The van der Waals surface area contributed by atoms with Crippen LogP contribution in [0.15, 0.2) is 42.6 Å². The second kappa shape index (κ2) is 6.56. The first-order chi connectivity index (χ1) is 12.6.